The van der Waals surface area contributed by atoms with Crippen LogP contribution in [0.5, 0.6) is 5.75 Å². The number of phenolic OH excluding ortho intramolecular Hbond substituents is 1. The second-order valence-electron chi connectivity index (χ2n) is 6.77. The van der Waals surface area contributed by atoms with Crippen molar-refractivity contribution in [2.45, 2.75) is 63.3 Å². The summed E-state index contributed by atoms with van der Waals surface area (Å²) in [6.45, 7) is 1.72. The van der Waals surface area contributed by atoms with Gasteiger partial charge in [-0.1, -0.05) is 12.1 Å². The number of benzene rings is 1. The molecule has 4 nitrogen and oxygen atoms in total. The smallest absolute Gasteiger partial charge is 0.115 e. The van der Waals surface area contributed by atoms with Crippen molar-refractivity contribution in [3.63, 3.8) is 0 Å². The van der Waals surface area contributed by atoms with Crippen molar-refractivity contribution >= 4 is 0 Å². The van der Waals surface area contributed by atoms with Crippen LogP contribution in [0.3, 0.4) is 0 Å². The molecule has 2 aliphatic rings. The van der Waals surface area contributed by atoms with Crippen LogP contribution in [0.4, 0.5) is 0 Å². The summed E-state index contributed by atoms with van der Waals surface area (Å²) in [5.41, 5.74) is 1.13. The number of ether oxygens (including phenoxy) is 1. The zero-order valence-corrected chi connectivity index (χ0v) is 13.6. The van der Waals surface area contributed by atoms with Gasteiger partial charge in [0.1, 0.15) is 11.9 Å². The number of aromatic hydroxyl groups is 1. The first-order valence-electron chi connectivity index (χ1n) is 8.71. The van der Waals surface area contributed by atoms with Gasteiger partial charge in [-0.3, -0.25) is 4.90 Å². The summed E-state index contributed by atoms with van der Waals surface area (Å²) in [5.74, 6) is 0.318. The number of nitrogens with zero attached hydrogens (tertiary/aromatic N) is 1. The first-order chi connectivity index (χ1) is 11.2. The molecule has 1 aromatic rings. The monoisotopic (exact) mass is 317 g/mol. The Bertz CT molecular complexity index is 523. The number of aliphatic hydroxyl groups excluding tert-OH is 1. The fraction of sp³-hybridized carbons (Fsp3) is 0.579. The highest BCUT2D eigenvalue weighted by Gasteiger charge is 2.27. The van der Waals surface area contributed by atoms with Crippen molar-refractivity contribution in [3.8, 4) is 5.75 Å². The quantitative estimate of drug-likeness (QED) is 0.876. The average Bonchev–Trinajstić information content (AvgIpc) is 2.56. The van der Waals surface area contributed by atoms with Gasteiger partial charge in [-0.15, -0.1) is 0 Å². The Hall–Kier alpha value is -1.52. The van der Waals surface area contributed by atoms with Crippen LogP contribution < -0.4 is 0 Å². The van der Waals surface area contributed by atoms with Gasteiger partial charge in [0.25, 0.3) is 0 Å². The van der Waals surface area contributed by atoms with Gasteiger partial charge in [0.2, 0.25) is 0 Å². The van der Waals surface area contributed by atoms with E-state index in [4.69, 9.17) is 4.74 Å². The van der Waals surface area contributed by atoms with E-state index >= 15 is 0 Å². The molecule has 0 radical (unpaired) electrons. The summed E-state index contributed by atoms with van der Waals surface area (Å²) in [4.78, 5) is 2.48. The molecule has 0 saturated heterocycles. The van der Waals surface area contributed by atoms with Crippen LogP contribution >= 0.6 is 0 Å². The van der Waals surface area contributed by atoms with E-state index in [2.05, 4.69) is 17.0 Å². The predicted octanol–water partition coefficient (Wildman–Crippen LogP) is 3.19. The molecule has 23 heavy (non-hydrogen) atoms. The second kappa shape index (κ2) is 7.84. The summed E-state index contributed by atoms with van der Waals surface area (Å²) in [7, 11) is 0. The fourth-order valence-electron chi connectivity index (χ4n) is 3.64. The molecule has 1 atom stereocenters. The Kier molecular flexibility index (Phi) is 5.57. The molecule has 1 fully saturated rings. The van der Waals surface area contributed by atoms with E-state index in [1.807, 2.05) is 18.4 Å². The van der Waals surface area contributed by atoms with Crippen molar-refractivity contribution in [3.05, 3.63) is 42.2 Å². The third-order valence-electron chi connectivity index (χ3n) is 4.94. The zero-order chi connectivity index (χ0) is 16.1. The molecule has 0 spiro atoms. The minimum absolute atomic E-state index is 0.136. The van der Waals surface area contributed by atoms with Gasteiger partial charge in [0.15, 0.2) is 0 Å². The Labute approximate surface area is 138 Å². The molecule has 0 bridgehead atoms. The van der Waals surface area contributed by atoms with Gasteiger partial charge in [-0.25, -0.2) is 0 Å². The fourth-order valence-corrected chi connectivity index (χ4v) is 3.64. The lowest BCUT2D eigenvalue weighted by Gasteiger charge is -2.38. The van der Waals surface area contributed by atoms with E-state index in [-0.39, 0.29) is 12.2 Å². The van der Waals surface area contributed by atoms with E-state index in [1.165, 1.54) is 0 Å². The Morgan fingerprint density at radius 2 is 1.96 bits per heavy atom. The molecule has 0 amide bonds. The molecule has 1 heterocycles. The van der Waals surface area contributed by atoms with Gasteiger partial charge in [-0.05, 0) is 62.3 Å². The number of allylic oxidation sites excluding steroid dienone is 1. The van der Waals surface area contributed by atoms with E-state index in [0.717, 1.165) is 57.2 Å². The number of phenols is 1. The summed E-state index contributed by atoms with van der Waals surface area (Å²) in [6.07, 6.45) is 9.96. The Balaban J connectivity index is 1.68. The van der Waals surface area contributed by atoms with Crippen molar-refractivity contribution in [1.82, 2.24) is 4.90 Å². The summed E-state index contributed by atoms with van der Waals surface area (Å²) in [5, 5.41) is 19.5. The summed E-state index contributed by atoms with van der Waals surface area (Å²) in [6, 6.07) is 7.99. The molecule has 3 rings (SSSR count). The van der Waals surface area contributed by atoms with Crippen molar-refractivity contribution in [2.24, 2.45) is 0 Å². The first-order valence-corrected chi connectivity index (χ1v) is 8.71. The van der Waals surface area contributed by atoms with Crippen LogP contribution in [0.15, 0.2) is 36.6 Å². The average molecular weight is 317 g/mol. The molecular weight excluding hydrogens is 290 g/mol. The maximum atomic E-state index is 9.77. The molecular formula is C19H27NO3. The van der Waals surface area contributed by atoms with Gasteiger partial charge in [-0.2, -0.15) is 0 Å². The Morgan fingerprint density at radius 3 is 2.65 bits per heavy atom. The zero-order valence-electron chi connectivity index (χ0n) is 13.6. The normalized spacial score (nSPS) is 27.8. The SMILES string of the molecule is Oc1cccc(CN(C[C@H]2CCC=CO2)C2CCC(O)CC2)c1. The molecule has 0 aromatic heterocycles. The third kappa shape index (κ3) is 4.72. The minimum Gasteiger partial charge on any atom is -0.508 e. The van der Waals surface area contributed by atoms with Crippen LogP contribution in [0, 0.1) is 0 Å². The lowest BCUT2D eigenvalue weighted by molar-refractivity contribution is 0.0275. The maximum absolute atomic E-state index is 9.77. The van der Waals surface area contributed by atoms with Crippen molar-refractivity contribution in [2.75, 3.05) is 6.54 Å². The maximum Gasteiger partial charge on any atom is 0.115 e. The van der Waals surface area contributed by atoms with Crippen molar-refractivity contribution < 1.29 is 14.9 Å². The molecule has 1 aromatic carbocycles. The van der Waals surface area contributed by atoms with E-state index in [1.54, 1.807) is 6.07 Å². The lowest BCUT2D eigenvalue weighted by Crippen LogP contribution is -2.43. The molecule has 1 aliphatic heterocycles. The molecule has 4 heteroatoms. The standard InChI is InChI=1S/C19H27NO3/c21-17-9-7-16(8-10-17)20(14-19-6-1-2-11-23-19)13-15-4-3-5-18(22)12-15/h2-5,11-12,16-17,19,21-22H,1,6-10,13-14H2/t16?,17?,19-/m1/s1. The topological polar surface area (TPSA) is 52.9 Å². The summed E-state index contributed by atoms with van der Waals surface area (Å²) < 4.78 is 5.76. The van der Waals surface area contributed by atoms with Crippen LogP contribution in [-0.2, 0) is 11.3 Å². The molecule has 126 valence electrons. The predicted molar refractivity (Wildman–Crippen MR) is 90.0 cm³/mol. The molecule has 2 N–H and O–H groups in total. The largest absolute Gasteiger partial charge is 0.508 e. The molecule has 0 unspecified atom stereocenters. The Morgan fingerprint density at radius 1 is 1.13 bits per heavy atom. The number of rotatable bonds is 5. The second-order valence-corrected chi connectivity index (χ2v) is 6.77. The third-order valence-corrected chi connectivity index (χ3v) is 4.94. The van der Waals surface area contributed by atoms with Gasteiger partial charge in [0, 0.05) is 19.1 Å². The van der Waals surface area contributed by atoms with Gasteiger partial charge >= 0.3 is 0 Å². The van der Waals surface area contributed by atoms with Crippen LogP contribution in [0.1, 0.15) is 44.1 Å². The number of hydrogen-bond acceptors (Lipinski definition) is 4. The van der Waals surface area contributed by atoms with Crippen LogP contribution in [0.25, 0.3) is 0 Å². The van der Waals surface area contributed by atoms with Gasteiger partial charge in [0.05, 0.1) is 12.4 Å². The van der Waals surface area contributed by atoms with Crippen LogP contribution in [0.2, 0.25) is 0 Å². The number of aliphatic hydroxyl groups is 1. The molecule has 1 aliphatic carbocycles. The number of hydrogen-bond donors (Lipinski definition) is 2. The lowest BCUT2D eigenvalue weighted by atomic mass is 9.91. The van der Waals surface area contributed by atoms with E-state index in [9.17, 15) is 10.2 Å². The highest BCUT2D eigenvalue weighted by molar-refractivity contribution is 5.27. The van der Waals surface area contributed by atoms with E-state index in [0.29, 0.717) is 11.8 Å². The van der Waals surface area contributed by atoms with Crippen LogP contribution in [-0.4, -0.2) is 39.9 Å². The first kappa shape index (κ1) is 16.3. The van der Waals surface area contributed by atoms with Gasteiger partial charge < -0.3 is 14.9 Å². The summed E-state index contributed by atoms with van der Waals surface area (Å²) >= 11 is 0. The van der Waals surface area contributed by atoms with E-state index < -0.39 is 0 Å². The minimum atomic E-state index is -0.136. The molecule has 1 saturated carbocycles. The highest BCUT2D eigenvalue weighted by atomic mass is 16.5. The van der Waals surface area contributed by atoms with Crippen molar-refractivity contribution in [1.29, 1.82) is 0 Å². The highest BCUT2D eigenvalue weighted by Crippen LogP contribution is 2.26.